The minimum atomic E-state index is -4.60. The van der Waals surface area contributed by atoms with Crippen LogP contribution in [-0.4, -0.2) is 33.3 Å². The molecule has 0 radical (unpaired) electrons. The largest absolute Gasteiger partial charge is 0.448 e. The van der Waals surface area contributed by atoms with E-state index in [4.69, 9.17) is 4.74 Å². The summed E-state index contributed by atoms with van der Waals surface area (Å²) in [6, 6.07) is 7.22. The Morgan fingerprint density at radius 1 is 1.21 bits per heavy atom. The Balaban J connectivity index is 2.33. The average Bonchev–Trinajstić information content (AvgIpc) is 2.72. The van der Waals surface area contributed by atoms with E-state index in [0.29, 0.717) is 0 Å². The zero-order valence-electron chi connectivity index (χ0n) is 18.6. The lowest BCUT2D eigenvalue weighted by atomic mass is 9.90. The topological polar surface area (TPSA) is 114 Å². The number of aryl methyl sites for hydroxylation is 1. The van der Waals surface area contributed by atoms with Crippen LogP contribution < -0.4 is 10.7 Å². The van der Waals surface area contributed by atoms with Crippen molar-refractivity contribution in [1.82, 2.24) is 15.1 Å². The summed E-state index contributed by atoms with van der Waals surface area (Å²) in [5.74, 6) is -2.23. The molecule has 2 unspecified atom stereocenters. The third kappa shape index (κ3) is 5.77. The van der Waals surface area contributed by atoms with E-state index in [1.807, 2.05) is 6.07 Å². The van der Waals surface area contributed by atoms with E-state index in [0.717, 1.165) is 22.9 Å². The number of esters is 1. The SMILES string of the molecule is Cc1cc(=O)c(C(=O)OC(C)C(=O)NC(C)(C#N)C(C)C)nn1-c1cccc(C(F)(F)F)c1. The third-order valence-corrected chi connectivity index (χ3v) is 5.14. The van der Waals surface area contributed by atoms with Crippen LogP contribution in [0.2, 0.25) is 0 Å². The molecule has 1 aromatic carbocycles. The van der Waals surface area contributed by atoms with E-state index in [1.54, 1.807) is 13.8 Å². The van der Waals surface area contributed by atoms with E-state index in [1.165, 1.54) is 32.9 Å². The van der Waals surface area contributed by atoms with Gasteiger partial charge in [-0.2, -0.15) is 23.5 Å². The number of nitriles is 1. The zero-order chi connectivity index (χ0) is 25.1. The fraction of sp³-hybridized carbons (Fsp3) is 0.409. The number of benzene rings is 1. The number of nitrogens with zero attached hydrogens (tertiary/aromatic N) is 3. The highest BCUT2D eigenvalue weighted by Crippen LogP contribution is 2.30. The molecule has 8 nitrogen and oxygen atoms in total. The van der Waals surface area contributed by atoms with Crippen molar-refractivity contribution in [3.63, 3.8) is 0 Å². The molecule has 0 aliphatic carbocycles. The highest BCUT2D eigenvalue weighted by atomic mass is 19.4. The van der Waals surface area contributed by atoms with Crippen molar-refractivity contribution < 1.29 is 27.5 Å². The van der Waals surface area contributed by atoms with Gasteiger partial charge in [-0.05, 0) is 44.9 Å². The summed E-state index contributed by atoms with van der Waals surface area (Å²) < 4.78 is 45.2. The lowest BCUT2D eigenvalue weighted by Gasteiger charge is -2.28. The molecule has 0 saturated carbocycles. The van der Waals surface area contributed by atoms with Crippen LogP contribution in [-0.2, 0) is 15.7 Å². The van der Waals surface area contributed by atoms with Crippen LogP contribution in [0.15, 0.2) is 35.1 Å². The van der Waals surface area contributed by atoms with Crippen molar-refractivity contribution in [2.75, 3.05) is 0 Å². The molecule has 2 aromatic rings. The van der Waals surface area contributed by atoms with Gasteiger partial charge in [-0.25, -0.2) is 9.48 Å². The molecule has 0 saturated heterocycles. The first-order chi connectivity index (χ1) is 15.2. The second-order valence-corrected chi connectivity index (χ2v) is 7.96. The molecule has 1 heterocycles. The second kappa shape index (κ2) is 9.44. The average molecular weight is 464 g/mol. The Morgan fingerprint density at radius 3 is 2.39 bits per heavy atom. The van der Waals surface area contributed by atoms with Gasteiger partial charge in [-0.15, -0.1) is 0 Å². The molecule has 1 amide bonds. The van der Waals surface area contributed by atoms with Crippen LogP contribution in [0.1, 0.15) is 49.4 Å². The first kappa shape index (κ1) is 25.6. The number of aromatic nitrogens is 2. The van der Waals surface area contributed by atoms with Gasteiger partial charge in [0.1, 0.15) is 5.54 Å². The van der Waals surface area contributed by atoms with Crippen LogP contribution >= 0.6 is 0 Å². The molecule has 0 bridgehead atoms. The quantitative estimate of drug-likeness (QED) is 0.657. The number of amides is 1. The van der Waals surface area contributed by atoms with Gasteiger partial charge in [0.15, 0.2) is 6.10 Å². The highest BCUT2D eigenvalue weighted by molar-refractivity contribution is 5.90. The molecule has 176 valence electrons. The van der Waals surface area contributed by atoms with Crippen LogP contribution in [0.4, 0.5) is 13.2 Å². The lowest BCUT2D eigenvalue weighted by molar-refractivity contribution is -0.137. The molecular formula is C22H23F3N4O4. The zero-order valence-corrected chi connectivity index (χ0v) is 18.6. The van der Waals surface area contributed by atoms with Crippen molar-refractivity contribution in [3.05, 3.63) is 57.5 Å². The number of ether oxygens (including phenoxy) is 1. The molecule has 0 spiro atoms. The van der Waals surface area contributed by atoms with Gasteiger partial charge >= 0.3 is 12.1 Å². The first-order valence-electron chi connectivity index (χ1n) is 9.92. The number of alkyl halides is 3. The van der Waals surface area contributed by atoms with Gasteiger partial charge in [0.2, 0.25) is 11.1 Å². The summed E-state index contributed by atoms with van der Waals surface area (Å²) in [5.41, 5.74) is -3.51. The number of hydrogen-bond donors (Lipinski definition) is 1. The number of carbonyl (C=O) groups is 2. The molecule has 1 aromatic heterocycles. The smallest absolute Gasteiger partial charge is 0.416 e. The molecule has 0 aliphatic heterocycles. The summed E-state index contributed by atoms with van der Waals surface area (Å²) in [7, 11) is 0. The monoisotopic (exact) mass is 464 g/mol. The number of nitrogens with one attached hydrogen (secondary N) is 1. The fourth-order valence-corrected chi connectivity index (χ4v) is 2.69. The Kier molecular flexibility index (Phi) is 7.32. The van der Waals surface area contributed by atoms with Crippen LogP contribution in [0, 0.1) is 24.2 Å². The molecular weight excluding hydrogens is 441 g/mol. The minimum absolute atomic E-state index is 0.0242. The number of rotatable bonds is 6. The maximum Gasteiger partial charge on any atom is 0.416 e. The van der Waals surface area contributed by atoms with Gasteiger partial charge in [-0.1, -0.05) is 19.9 Å². The minimum Gasteiger partial charge on any atom is -0.448 e. The molecule has 11 heteroatoms. The van der Waals surface area contributed by atoms with E-state index in [9.17, 15) is 32.8 Å². The Hall–Kier alpha value is -3.68. The molecule has 0 aliphatic rings. The number of carbonyl (C=O) groups excluding carboxylic acids is 2. The van der Waals surface area contributed by atoms with Gasteiger partial charge in [-0.3, -0.25) is 9.59 Å². The van der Waals surface area contributed by atoms with E-state index >= 15 is 0 Å². The van der Waals surface area contributed by atoms with Gasteiger partial charge in [0.05, 0.1) is 17.3 Å². The standard InChI is InChI=1S/C22H23F3N4O4/c1-12(2)21(5,11-26)27-19(31)14(4)33-20(32)18-17(30)9-13(3)29(28-18)16-8-6-7-15(10-16)22(23,24)25/h6-10,12,14H,1-5H3,(H,27,31). The Bertz CT molecular complexity index is 1170. The molecule has 2 rings (SSSR count). The predicted molar refractivity (Wildman–Crippen MR) is 111 cm³/mol. The maximum absolute atomic E-state index is 13.1. The van der Waals surface area contributed by atoms with Crippen LogP contribution in [0.3, 0.4) is 0 Å². The second-order valence-electron chi connectivity index (χ2n) is 7.96. The van der Waals surface area contributed by atoms with Gasteiger partial charge in [0, 0.05) is 11.8 Å². The highest BCUT2D eigenvalue weighted by Gasteiger charge is 2.33. The van der Waals surface area contributed by atoms with Crippen molar-refractivity contribution in [2.45, 2.75) is 52.4 Å². The summed E-state index contributed by atoms with van der Waals surface area (Å²) in [6.07, 6.45) is -5.96. The van der Waals surface area contributed by atoms with Crippen molar-refractivity contribution in [1.29, 1.82) is 5.26 Å². The summed E-state index contributed by atoms with van der Waals surface area (Å²) in [6.45, 7) is 7.66. The summed E-state index contributed by atoms with van der Waals surface area (Å²) in [5, 5.41) is 15.7. The molecule has 0 fully saturated rings. The Morgan fingerprint density at radius 2 is 1.85 bits per heavy atom. The van der Waals surface area contributed by atoms with Crippen molar-refractivity contribution in [3.8, 4) is 11.8 Å². The Labute approximate surface area is 188 Å². The third-order valence-electron chi connectivity index (χ3n) is 5.14. The molecule has 33 heavy (non-hydrogen) atoms. The van der Waals surface area contributed by atoms with Crippen LogP contribution in [0.25, 0.3) is 5.69 Å². The van der Waals surface area contributed by atoms with Gasteiger partial charge < -0.3 is 10.1 Å². The van der Waals surface area contributed by atoms with Gasteiger partial charge in [0.25, 0.3) is 5.91 Å². The van der Waals surface area contributed by atoms with Crippen LogP contribution in [0.5, 0.6) is 0 Å². The summed E-state index contributed by atoms with van der Waals surface area (Å²) >= 11 is 0. The maximum atomic E-state index is 13.1. The lowest BCUT2D eigenvalue weighted by Crippen LogP contribution is -2.52. The normalized spacial score (nSPS) is 14.2. The predicted octanol–water partition coefficient (Wildman–Crippen LogP) is 3.16. The fourth-order valence-electron chi connectivity index (χ4n) is 2.69. The number of hydrogen-bond acceptors (Lipinski definition) is 6. The van der Waals surface area contributed by atoms with Crippen molar-refractivity contribution >= 4 is 11.9 Å². The molecule has 2 atom stereocenters. The first-order valence-corrected chi connectivity index (χ1v) is 9.92. The van der Waals surface area contributed by atoms with E-state index in [-0.39, 0.29) is 17.3 Å². The summed E-state index contributed by atoms with van der Waals surface area (Å²) in [4.78, 5) is 37.3. The van der Waals surface area contributed by atoms with Crippen molar-refractivity contribution in [2.24, 2.45) is 5.92 Å². The molecule has 1 N–H and O–H groups in total. The number of halogens is 3. The van der Waals surface area contributed by atoms with E-state index in [2.05, 4.69) is 10.4 Å². The van der Waals surface area contributed by atoms with E-state index < -0.39 is 46.4 Å².